The second-order valence-corrected chi connectivity index (χ2v) is 4.71. The van der Waals surface area contributed by atoms with Gasteiger partial charge in [-0.1, -0.05) is 6.92 Å². The molecule has 0 aromatic heterocycles. The minimum absolute atomic E-state index is 0.0246. The molecular formula is C11H16N2O2. The molecule has 0 bridgehead atoms. The van der Waals surface area contributed by atoms with Crippen LogP contribution in [-0.4, -0.2) is 18.1 Å². The molecule has 0 radical (unpaired) electrons. The number of carbonyl (C=O) groups is 1. The Bertz CT molecular complexity index is 336. The molecule has 2 rings (SSSR count). The zero-order valence-corrected chi connectivity index (χ0v) is 9.06. The summed E-state index contributed by atoms with van der Waals surface area (Å²) in [5.74, 6) is 0.349. The fraction of sp³-hybridized carbons (Fsp3) is 0.818. The van der Waals surface area contributed by atoms with E-state index in [-0.39, 0.29) is 23.7 Å². The van der Waals surface area contributed by atoms with Crippen LogP contribution < -0.4 is 5.73 Å². The Morgan fingerprint density at radius 3 is 2.93 bits per heavy atom. The summed E-state index contributed by atoms with van der Waals surface area (Å²) in [5, 5.41) is 9.04. The lowest BCUT2D eigenvalue weighted by atomic mass is 9.90. The molecule has 0 heterocycles. The zero-order valence-electron chi connectivity index (χ0n) is 9.06. The van der Waals surface area contributed by atoms with E-state index < -0.39 is 5.54 Å². The Labute approximate surface area is 89.4 Å². The van der Waals surface area contributed by atoms with Crippen molar-refractivity contribution in [1.82, 2.24) is 0 Å². The highest BCUT2D eigenvalue weighted by atomic mass is 16.5. The molecule has 0 amide bonds. The van der Waals surface area contributed by atoms with Crippen LogP contribution in [0.1, 0.15) is 20.3 Å². The van der Waals surface area contributed by atoms with E-state index in [9.17, 15) is 4.79 Å². The van der Waals surface area contributed by atoms with Crippen LogP contribution in [0.15, 0.2) is 0 Å². The third-order valence-corrected chi connectivity index (χ3v) is 3.75. The van der Waals surface area contributed by atoms with E-state index in [0.29, 0.717) is 18.9 Å². The van der Waals surface area contributed by atoms with Crippen molar-refractivity contribution in [3.8, 4) is 6.07 Å². The molecule has 2 fully saturated rings. The topological polar surface area (TPSA) is 76.1 Å². The predicted molar refractivity (Wildman–Crippen MR) is 53.4 cm³/mol. The quantitative estimate of drug-likeness (QED) is 0.677. The molecule has 15 heavy (non-hydrogen) atoms. The van der Waals surface area contributed by atoms with Crippen LogP contribution in [0.25, 0.3) is 0 Å². The Morgan fingerprint density at radius 2 is 2.40 bits per heavy atom. The summed E-state index contributed by atoms with van der Waals surface area (Å²) < 4.78 is 4.98. The fourth-order valence-electron chi connectivity index (χ4n) is 3.17. The molecule has 0 saturated heterocycles. The SMILES string of the molecule is CCOC(=O)[C@H]1[C@H]2[C@@H]1[C@](N)(C#N)C[C@@H]2C. The summed E-state index contributed by atoms with van der Waals surface area (Å²) in [5.41, 5.74) is 5.19. The third kappa shape index (κ3) is 1.34. The van der Waals surface area contributed by atoms with E-state index >= 15 is 0 Å². The second-order valence-electron chi connectivity index (χ2n) is 4.71. The number of hydrogen-bond acceptors (Lipinski definition) is 4. The van der Waals surface area contributed by atoms with Gasteiger partial charge in [-0.05, 0) is 25.2 Å². The Morgan fingerprint density at radius 1 is 1.73 bits per heavy atom. The van der Waals surface area contributed by atoms with E-state index in [2.05, 4.69) is 13.0 Å². The van der Waals surface area contributed by atoms with Crippen LogP contribution in [0.3, 0.4) is 0 Å². The number of ether oxygens (including phenoxy) is 1. The van der Waals surface area contributed by atoms with Crippen LogP contribution in [0.2, 0.25) is 0 Å². The number of nitrogens with two attached hydrogens (primary N) is 1. The maximum atomic E-state index is 11.6. The van der Waals surface area contributed by atoms with Crippen molar-refractivity contribution in [1.29, 1.82) is 5.26 Å². The van der Waals surface area contributed by atoms with Crippen LogP contribution in [0, 0.1) is 35.0 Å². The summed E-state index contributed by atoms with van der Waals surface area (Å²) in [4.78, 5) is 11.6. The lowest BCUT2D eigenvalue weighted by Crippen LogP contribution is -2.41. The van der Waals surface area contributed by atoms with Crippen molar-refractivity contribution in [2.45, 2.75) is 25.8 Å². The van der Waals surface area contributed by atoms with Crippen LogP contribution in [0.4, 0.5) is 0 Å². The summed E-state index contributed by atoms with van der Waals surface area (Å²) in [7, 11) is 0. The van der Waals surface area contributed by atoms with Gasteiger partial charge in [0.15, 0.2) is 0 Å². The molecule has 5 atom stereocenters. The molecule has 4 heteroatoms. The highest BCUT2D eigenvalue weighted by Crippen LogP contribution is 2.64. The van der Waals surface area contributed by atoms with Gasteiger partial charge in [0, 0.05) is 5.92 Å². The first-order valence-corrected chi connectivity index (χ1v) is 5.42. The van der Waals surface area contributed by atoms with E-state index in [4.69, 9.17) is 15.7 Å². The van der Waals surface area contributed by atoms with Gasteiger partial charge in [0.05, 0.1) is 18.6 Å². The first-order valence-electron chi connectivity index (χ1n) is 5.42. The molecule has 0 unspecified atom stereocenters. The largest absolute Gasteiger partial charge is 0.466 e. The molecule has 0 aromatic carbocycles. The van der Waals surface area contributed by atoms with Gasteiger partial charge in [-0.15, -0.1) is 0 Å². The smallest absolute Gasteiger partial charge is 0.309 e. The lowest BCUT2D eigenvalue weighted by molar-refractivity contribution is -0.146. The van der Waals surface area contributed by atoms with Gasteiger partial charge in [-0.3, -0.25) is 4.79 Å². The molecule has 2 N–H and O–H groups in total. The highest BCUT2D eigenvalue weighted by molar-refractivity contribution is 5.77. The number of hydrogen-bond donors (Lipinski definition) is 1. The molecule has 0 aliphatic heterocycles. The number of rotatable bonds is 2. The lowest BCUT2D eigenvalue weighted by Gasteiger charge is -2.20. The van der Waals surface area contributed by atoms with Crippen LogP contribution in [0.5, 0.6) is 0 Å². The number of fused-ring (bicyclic) bond motifs is 1. The van der Waals surface area contributed by atoms with E-state index in [1.165, 1.54) is 0 Å². The minimum Gasteiger partial charge on any atom is -0.466 e. The van der Waals surface area contributed by atoms with Gasteiger partial charge >= 0.3 is 5.97 Å². The number of nitrogens with zero attached hydrogens (tertiary/aromatic N) is 1. The molecule has 0 spiro atoms. The molecule has 2 saturated carbocycles. The first kappa shape index (κ1) is 10.4. The van der Waals surface area contributed by atoms with E-state index in [0.717, 1.165) is 0 Å². The van der Waals surface area contributed by atoms with Gasteiger partial charge in [-0.2, -0.15) is 5.26 Å². The van der Waals surface area contributed by atoms with Crippen molar-refractivity contribution in [2.75, 3.05) is 6.61 Å². The van der Waals surface area contributed by atoms with Gasteiger partial charge in [-0.25, -0.2) is 0 Å². The predicted octanol–water partition coefficient (Wildman–Crippen LogP) is 0.673. The van der Waals surface area contributed by atoms with Crippen molar-refractivity contribution in [2.24, 2.45) is 29.4 Å². The monoisotopic (exact) mass is 208 g/mol. The van der Waals surface area contributed by atoms with Gasteiger partial charge in [0.2, 0.25) is 0 Å². The van der Waals surface area contributed by atoms with Crippen LogP contribution in [-0.2, 0) is 9.53 Å². The molecule has 82 valence electrons. The summed E-state index contributed by atoms with van der Waals surface area (Å²) in [6.45, 7) is 4.25. The third-order valence-electron chi connectivity index (χ3n) is 3.75. The maximum Gasteiger partial charge on any atom is 0.309 e. The van der Waals surface area contributed by atoms with Crippen molar-refractivity contribution in [3.05, 3.63) is 0 Å². The summed E-state index contributed by atoms with van der Waals surface area (Å²) >= 11 is 0. The normalized spacial score (nSPS) is 46.8. The van der Waals surface area contributed by atoms with Gasteiger partial charge < -0.3 is 10.5 Å². The molecular weight excluding hydrogens is 192 g/mol. The first-order chi connectivity index (χ1) is 7.05. The number of esters is 1. The average molecular weight is 208 g/mol. The molecule has 2 aliphatic carbocycles. The van der Waals surface area contributed by atoms with Crippen molar-refractivity contribution < 1.29 is 9.53 Å². The van der Waals surface area contributed by atoms with Crippen LogP contribution >= 0.6 is 0 Å². The Kier molecular flexibility index (Phi) is 2.23. The average Bonchev–Trinajstić information content (AvgIpc) is 2.88. The fourth-order valence-corrected chi connectivity index (χ4v) is 3.17. The van der Waals surface area contributed by atoms with E-state index in [1.54, 1.807) is 6.92 Å². The highest BCUT2D eigenvalue weighted by Gasteiger charge is 2.70. The molecule has 2 aliphatic rings. The Balaban J connectivity index is 2.12. The minimum atomic E-state index is -0.804. The van der Waals surface area contributed by atoms with Gasteiger partial charge in [0.1, 0.15) is 5.54 Å². The van der Waals surface area contributed by atoms with E-state index in [1.807, 2.05) is 0 Å². The summed E-state index contributed by atoms with van der Waals surface area (Å²) in [6, 6.07) is 2.16. The second kappa shape index (κ2) is 3.21. The molecule has 0 aromatic rings. The summed E-state index contributed by atoms with van der Waals surface area (Å²) in [6.07, 6.45) is 0.703. The van der Waals surface area contributed by atoms with Gasteiger partial charge in [0.25, 0.3) is 0 Å². The Hall–Kier alpha value is -1.08. The zero-order chi connectivity index (χ0) is 11.2. The standard InChI is InChI=1S/C11H16N2O2/c1-3-15-10(14)8-7-6(2)4-11(13,5-12)9(7)8/h6-9H,3-4,13H2,1-2H3/t6-,7-,8-,9-,11+/m0/s1. The number of carbonyl (C=O) groups excluding carboxylic acids is 1. The van der Waals surface area contributed by atoms with Crippen molar-refractivity contribution >= 4 is 5.97 Å². The number of nitriles is 1. The van der Waals surface area contributed by atoms with Crippen molar-refractivity contribution in [3.63, 3.8) is 0 Å². The maximum absolute atomic E-state index is 11.6. The molecule has 4 nitrogen and oxygen atoms in total.